The average molecular weight is 354 g/mol. The predicted molar refractivity (Wildman–Crippen MR) is 87.6 cm³/mol. The number of ether oxygens (including phenoxy) is 1. The fourth-order valence-electron chi connectivity index (χ4n) is 1.93. The number of amides is 1. The molecule has 0 aliphatic heterocycles. The van der Waals surface area contributed by atoms with Crippen molar-refractivity contribution in [3.63, 3.8) is 0 Å². The monoisotopic (exact) mass is 353 g/mol. The van der Waals surface area contributed by atoms with Crippen LogP contribution in [0.2, 0.25) is 5.02 Å². The van der Waals surface area contributed by atoms with E-state index in [-0.39, 0.29) is 18.6 Å². The van der Waals surface area contributed by atoms with Gasteiger partial charge in [-0.25, -0.2) is 4.79 Å². The third-order valence-corrected chi connectivity index (χ3v) is 4.12. The molecule has 0 bridgehead atoms. The molecule has 0 spiro atoms. The first-order valence-corrected chi connectivity index (χ1v) is 8.19. The number of hydrogen-bond acceptors (Lipinski definition) is 6. The van der Waals surface area contributed by atoms with Gasteiger partial charge in [0.15, 0.2) is 11.5 Å². The number of esters is 1. The van der Waals surface area contributed by atoms with Crippen LogP contribution in [0.1, 0.15) is 40.8 Å². The van der Waals surface area contributed by atoms with Crippen LogP contribution in [0.5, 0.6) is 0 Å². The molecule has 0 aliphatic carbocycles. The Morgan fingerprint density at radius 2 is 2.22 bits per heavy atom. The summed E-state index contributed by atoms with van der Waals surface area (Å²) in [4.78, 5) is 24.1. The summed E-state index contributed by atoms with van der Waals surface area (Å²) in [7, 11) is 0. The molecule has 8 heteroatoms. The lowest BCUT2D eigenvalue weighted by molar-refractivity contribution is -0.124. The molecule has 2 rings (SSSR count). The zero-order valence-corrected chi connectivity index (χ0v) is 14.3. The lowest BCUT2D eigenvalue weighted by atomic mass is 10.1. The molecule has 122 valence electrons. The fraction of sp³-hybridized carbons (Fsp3) is 0.333. The second-order valence-electron chi connectivity index (χ2n) is 4.82. The van der Waals surface area contributed by atoms with E-state index in [0.29, 0.717) is 22.0 Å². The molecule has 0 saturated carbocycles. The zero-order valence-electron chi connectivity index (χ0n) is 12.7. The van der Waals surface area contributed by atoms with Crippen molar-refractivity contribution in [1.29, 1.82) is 0 Å². The smallest absolute Gasteiger partial charge is 0.352 e. The van der Waals surface area contributed by atoms with Crippen LogP contribution >= 0.6 is 23.1 Å². The normalized spacial score (nSPS) is 11.8. The number of nitrogens with one attached hydrogen (secondary N) is 1. The van der Waals surface area contributed by atoms with Crippen LogP contribution in [0.4, 0.5) is 0 Å². The summed E-state index contributed by atoms with van der Waals surface area (Å²) < 4.78 is 8.72. The molecular weight excluding hydrogens is 338 g/mol. The summed E-state index contributed by atoms with van der Waals surface area (Å²) in [6.07, 6.45) is 0.582. The number of benzene rings is 1. The van der Waals surface area contributed by atoms with Gasteiger partial charge in [-0.3, -0.25) is 4.79 Å². The van der Waals surface area contributed by atoms with Crippen LogP contribution in [-0.2, 0) is 16.0 Å². The molecule has 23 heavy (non-hydrogen) atoms. The molecule has 1 heterocycles. The van der Waals surface area contributed by atoms with Crippen LogP contribution in [0, 0.1) is 0 Å². The van der Waals surface area contributed by atoms with Gasteiger partial charge in [0.25, 0.3) is 5.91 Å². The van der Waals surface area contributed by atoms with Crippen molar-refractivity contribution in [2.45, 2.75) is 26.3 Å². The van der Waals surface area contributed by atoms with Gasteiger partial charge >= 0.3 is 5.97 Å². The van der Waals surface area contributed by atoms with Gasteiger partial charge in [-0.15, -0.1) is 5.10 Å². The second kappa shape index (κ2) is 8.03. The third kappa shape index (κ3) is 4.74. The Morgan fingerprint density at radius 3 is 2.91 bits per heavy atom. The molecule has 1 N–H and O–H groups in total. The highest BCUT2D eigenvalue weighted by atomic mass is 35.5. The molecule has 6 nitrogen and oxygen atoms in total. The minimum Gasteiger partial charge on any atom is -0.451 e. The van der Waals surface area contributed by atoms with E-state index in [4.69, 9.17) is 16.3 Å². The van der Waals surface area contributed by atoms with Gasteiger partial charge in [0.2, 0.25) is 0 Å². The zero-order chi connectivity index (χ0) is 16.8. The van der Waals surface area contributed by atoms with E-state index in [2.05, 4.69) is 14.9 Å². The highest BCUT2D eigenvalue weighted by Gasteiger charge is 2.18. The minimum atomic E-state index is -0.581. The van der Waals surface area contributed by atoms with Crippen LogP contribution in [0.25, 0.3) is 0 Å². The molecule has 1 aromatic heterocycles. The number of nitrogens with zero attached hydrogens (tertiary/aromatic N) is 2. The number of carbonyl (C=O) groups is 2. The van der Waals surface area contributed by atoms with E-state index in [1.165, 1.54) is 0 Å². The van der Waals surface area contributed by atoms with E-state index in [0.717, 1.165) is 17.1 Å². The highest BCUT2D eigenvalue weighted by Crippen LogP contribution is 2.17. The number of carbonyl (C=O) groups excluding carboxylic acids is 2. The van der Waals surface area contributed by atoms with Gasteiger partial charge < -0.3 is 10.1 Å². The quantitative estimate of drug-likeness (QED) is 0.807. The van der Waals surface area contributed by atoms with E-state index in [1.807, 2.05) is 26.0 Å². The predicted octanol–water partition coefficient (Wildman–Crippen LogP) is 2.79. The van der Waals surface area contributed by atoms with Crippen LogP contribution in [-0.4, -0.2) is 28.1 Å². The van der Waals surface area contributed by atoms with E-state index >= 15 is 0 Å². The van der Waals surface area contributed by atoms with E-state index < -0.39 is 5.97 Å². The molecule has 0 unspecified atom stereocenters. The molecule has 0 aliphatic rings. The molecule has 0 radical (unpaired) electrons. The average Bonchev–Trinajstić information content (AvgIpc) is 3.01. The maximum atomic E-state index is 11.9. The van der Waals surface area contributed by atoms with Gasteiger partial charge in [-0.1, -0.05) is 35.1 Å². The van der Waals surface area contributed by atoms with Crippen LogP contribution in [0.15, 0.2) is 24.3 Å². The molecule has 1 atom stereocenters. The Hall–Kier alpha value is -1.99. The molecule has 0 fully saturated rings. The lowest BCUT2D eigenvalue weighted by Crippen LogP contribution is -2.31. The maximum Gasteiger partial charge on any atom is 0.352 e. The number of hydrogen-bond donors (Lipinski definition) is 1. The molecule has 2 aromatic rings. The largest absolute Gasteiger partial charge is 0.451 e. The van der Waals surface area contributed by atoms with Crippen molar-refractivity contribution in [1.82, 2.24) is 14.9 Å². The fourth-order valence-corrected chi connectivity index (χ4v) is 2.78. The van der Waals surface area contributed by atoms with Gasteiger partial charge in [-0.05, 0) is 42.6 Å². The third-order valence-electron chi connectivity index (χ3n) is 3.14. The number of aryl methyl sites for hydroxylation is 1. The Bertz CT molecular complexity index is 705. The summed E-state index contributed by atoms with van der Waals surface area (Å²) in [5, 5.41) is 7.18. The maximum absolute atomic E-state index is 11.9. The highest BCUT2D eigenvalue weighted by molar-refractivity contribution is 7.07. The summed E-state index contributed by atoms with van der Waals surface area (Å²) in [6, 6.07) is 6.96. The van der Waals surface area contributed by atoms with Gasteiger partial charge in [-0.2, -0.15) is 0 Å². The molecule has 0 saturated heterocycles. The second-order valence-corrected chi connectivity index (χ2v) is 6.01. The number of rotatable bonds is 6. The van der Waals surface area contributed by atoms with E-state index in [1.54, 1.807) is 12.1 Å². The summed E-state index contributed by atoms with van der Waals surface area (Å²) in [5.41, 5.74) is 1.45. The van der Waals surface area contributed by atoms with Gasteiger partial charge in [0, 0.05) is 5.02 Å². The summed E-state index contributed by atoms with van der Waals surface area (Å²) in [5.74, 6) is -0.969. The molecule has 1 amide bonds. The molecular formula is C15H16ClN3O3S. The van der Waals surface area contributed by atoms with Crippen molar-refractivity contribution < 1.29 is 14.3 Å². The van der Waals surface area contributed by atoms with Crippen molar-refractivity contribution in [3.05, 3.63) is 45.4 Å². The van der Waals surface area contributed by atoms with Crippen LogP contribution < -0.4 is 5.32 Å². The minimum absolute atomic E-state index is 0.240. The first kappa shape index (κ1) is 17.4. The Morgan fingerprint density at radius 1 is 1.43 bits per heavy atom. The summed E-state index contributed by atoms with van der Waals surface area (Å²) in [6.45, 7) is 3.34. The van der Waals surface area contributed by atoms with Crippen molar-refractivity contribution in [2.75, 3.05) is 6.61 Å². The summed E-state index contributed by atoms with van der Waals surface area (Å²) >= 11 is 6.89. The Kier molecular flexibility index (Phi) is 6.06. The molecule has 1 aromatic carbocycles. The van der Waals surface area contributed by atoms with Crippen molar-refractivity contribution in [3.8, 4) is 0 Å². The van der Waals surface area contributed by atoms with Crippen molar-refractivity contribution >= 4 is 35.0 Å². The Balaban J connectivity index is 1.86. The van der Waals surface area contributed by atoms with Crippen LogP contribution in [0.3, 0.4) is 0 Å². The van der Waals surface area contributed by atoms with Crippen molar-refractivity contribution in [2.24, 2.45) is 0 Å². The SMILES string of the molecule is CCc1nnsc1C(=O)OCC(=O)N[C@H](C)c1cccc(Cl)c1. The first-order chi connectivity index (χ1) is 11.0. The van der Waals surface area contributed by atoms with Gasteiger partial charge in [0.05, 0.1) is 11.7 Å². The van der Waals surface area contributed by atoms with E-state index in [9.17, 15) is 9.59 Å². The number of aromatic nitrogens is 2. The first-order valence-electron chi connectivity index (χ1n) is 7.04. The Labute approximate surface area is 143 Å². The number of halogens is 1. The van der Waals surface area contributed by atoms with Gasteiger partial charge in [0.1, 0.15) is 0 Å². The standard InChI is InChI=1S/C15H16ClN3O3S/c1-3-12-14(23-19-18-12)15(21)22-8-13(20)17-9(2)10-5-4-6-11(16)7-10/h4-7,9H,3,8H2,1-2H3,(H,17,20)/t9-/m1/s1. The topological polar surface area (TPSA) is 81.2 Å². The lowest BCUT2D eigenvalue weighted by Gasteiger charge is -2.14.